The van der Waals surface area contributed by atoms with Crippen molar-refractivity contribution >= 4 is 0 Å². The van der Waals surface area contributed by atoms with E-state index in [4.69, 9.17) is 0 Å². The second-order valence-electron chi connectivity index (χ2n) is 7.94. The van der Waals surface area contributed by atoms with Gasteiger partial charge in [0.15, 0.2) is 0 Å². The molecule has 0 aliphatic heterocycles. The Kier molecular flexibility index (Phi) is 25.6. The third-order valence-corrected chi connectivity index (χ3v) is 4.65. The Morgan fingerprint density at radius 3 is 1.43 bits per heavy atom. The molecule has 0 heterocycles. The van der Waals surface area contributed by atoms with Crippen LogP contribution in [0.1, 0.15) is 148 Å². The Labute approximate surface area is 180 Å². The van der Waals surface area contributed by atoms with Crippen molar-refractivity contribution in [3.05, 3.63) is 33.9 Å². The van der Waals surface area contributed by atoms with Crippen molar-refractivity contribution in [2.24, 2.45) is 0 Å². The van der Waals surface area contributed by atoms with Crippen LogP contribution in [0.4, 0.5) is 0 Å². The van der Waals surface area contributed by atoms with Gasteiger partial charge in [-0.15, -0.1) is 0 Å². The first-order valence-corrected chi connectivity index (χ1v) is 12.5. The minimum Gasteiger partial charge on any atom is -0.0656 e. The predicted molar refractivity (Wildman–Crippen MR) is 135 cm³/mol. The van der Waals surface area contributed by atoms with Crippen molar-refractivity contribution in [3.8, 4) is 0 Å². The minimum atomic E-state index is 0.762. The summed E-state index contributed by atoms with van der Waals surface area (Å²) in [6, 6.07) is 2.49. The highest BCUT2D eigenvalue weighted by Gasteiger charge is 2.17. The van der Waals surface area contributed by atoms with Crippen LogP contribution in [0.15, 0.2) is 6.07 Å². The van der Waals surface area contributed by atoms with Crippen molar-refractivity contribution < 1.29 is 0 Å². The summed E-state index contributed by atoms with van der Waals surface area (Å²) in [5, 5.41) is 0. The molecule has 0 saturated carbocycles. The molecule has 0 bridgehead atoms. The van der Waals surface area contributed by atoms with Crippen LogP contribution in [0.5, 0.6) is 0 Å². The lowest BCUT2D eigenvalue weighted by Gasteiger charge is -2.23. The molecule has 1 aromatic rings. The van der Waals surface area contributed by atoms with Gasteiger partial charge in [0.05, 0.1) is 0 Å². The van der Waals surface area contributed by atoms with E-state index < -0.39 is 0 Å². The Morgan fingerprint density at radius 1 is 0.679 bits per heavy atom. The number of hydrogen-bond acceptors (Lipinski definition) is 0. The third kappa shape index (κ3) is 13.4. The molecule has 0 fully saturated rings. The van der Waals surface area contributed by atoms with Crippen molar-refractivity contribution in [1.29, 1.82) is 0 Å². The first kappa shape index (κ1) is 31.9. The number of benzene rings is 1. The lowest BCUT2D eigenvalue weighted by atomic mass is 9.82. The molecule has 0 radical (unpaired) electrons. The Morgan fingerprint density at radius 2 is 1.11 bits per heavy atom. The normalized spacial score (nSPS) is 10.6. The Hall–Kier alpha value is -0.780. The number of unbranched alkanes of at least 4 members (excludes halogenated alkanes) is 1. The molecule has 168 valence electrons. The van der Waals surface area contributed by atoms with Gasteiger partial charge < -0.3 is 0 Å². The third-order valence-electron chi connectivity index (χ3n) is 4.65. The van der Waals surface area contributed by atoms with E-state index in [9.17, 15) is 0 Å². The molecule has 28 heavy (non-hydrogen) atoms. The molecular weight excluding hydrogens is 336 g/mol. The standard InChI is InChI=1S/C19H32.3C3H8/c1-7-11-12-16(8-2)19-13-14(5)17(9-3)15(6)18(19)10-4;3*1-3-2/h13,16H,7-12H2,1-6H3;3*3H2,1-2H3. The molecule has 0 heteroatoms. The zero-order chi connectivity index (χ0) is 22.5. The molecule has 0 saturated heterocycles. The molecular formula is C28H56. The summed E-state index contributed by atoms with van der Waals surface area (Å²) in [4.78, 5) is 0. The van der Waals surface area contributed by atoms with E-state index in [2.05, 4.69) is 89.2 Å². The highest BCUT2D eigenvalue weighted by molar-refractivity contribution is 5.46. The van der Waals surface area contributed by atoms with Gasteiger partial charge in [-0.1, -0.05) is 107 Å². The van der Waals surface area contributed by atoms with E-state index in [0.717, 1.165) is 12.3 Å². The van der Waals surface area contributed by atoms with E-state index >= 15 is 0 Å². The van der Waals surface area contributed by atoms with E-state index in [0.29, 0.717) is 0 Å². The molecule has 0 aliphatic carbocycles. The van der Waals surface area contributed by atoms with Gasteiger partial charge in [0.25, 0.3) is 0 Å². The van der Waals surface area contributed by atoms with Gasteiger partial charge in [0.1, 0.15) is 0 Å². The summed E-state index contributed by atoms with van der Waals surface area (Å²) >= 11 is 0. The molecule has 1 unspecified atom stereocenters. The maximum absolute atomic E-state index is 2.49. The summed E-state index contributed by atoms with van der Waals surface area (Å²) < 4.78 is 0. The van der Waals surface area contributed by atoms with Crippen LogP contribution in [-0.4, -0.2) is 0 Å². The monoisotopic (exact) mass is 392 g/mol. The number of aryl methyl sites for hydroxylation is 1. The zero-order valence-electron chi connectivity index (χ0n) is 22.0. The average Bonchev–Trinajstić information content (AvgIpc) is 2.64. The van der Waals surface area contributed by atoms with Crippen molar-refractivity contribution in [1.82, 2.24) is 0 Å². The quantitative estimate of drug-likeness (QED) is 0.433. The van der Waals surface area contributed by atoms with Gasteiger partial charge in [-0.3, -0.25) is 0 Å². The fourth-order valence-corrected chi connectivity index (χ4v) is 3.51. The van der Waals surface area contributed by atoms with Crippen molar-refractivity contribution in [2.75, 3.05) is 0 Å². The summed E-state index contributed by atoms with van der Waals surface area (Å²) in [5.41, 5.74) is 7.92. The van der Waals surface area contributed by atoms with Crippen LogP contribution < -0.4 is 0 Å². The van der Waals surface area contributed by atoms with Gasteiger partial charge in [0.2, 0.25) is 0 Å². The molecule has 0 N–H and O–H groups in total. The SMILES string of the molecule is CCC.CCC.CCC.CCCCC(CC)c1cc(C)c(CC)c(C)c1CC. The Bertz CT molecular complexity index is 437. The van der Waals surface area contributed by atoms with Gasteiger partial charge in [-0.25, -0.2) is 0 Å². The van der Waals surface area contributed by atoms with Crippen molar-refractivity contribution in [2.45, 2.75) is 147 Å². The van der Waals surface area contributed by atoms with E-state index in [-0.39, 0.29) is 0 Å². The predicted octanol–water partition coefficient (Wildman–Crippen LogP) is 10.4. The summed E-state index contributed by atoms with van der Waals surface area (Å²) in [6.07, 6.45) is 11.4. The molecule has 1 atom stereocenters. The molecule has 0 amide bonds. The molecule has 0 aromatic heterocycles. The van der Waals surface area contributed by atoms with Crippen LogP contribution in [-0.2, 0) is 12.8 Å². The highest BCUT2D eigenvalue weighted by atomic mass is 14.2. The highest BCUT2D eigenvalue weighted by Crippen LogP contribution is 2.33. The summed E-state index contributed by atoms with van der Waals surface area (Å²) in [5.74, 6) is 0.762. The Balaban J connectivity index is -0.000000588. The first-order chi connectivity index (χ1) is 13.3. The smallest absolute Gasteiger partial charge is 0.0162 e. The number of hydrogen-bond donors (Lipinski definition) is 0. The van der Waals surface area contributed by atoms with Crippen LogP contribution in [0.2, 0.25) is 0 Å². The van der Waals surface area contributed by atoms with Crippen molar-refractivity contribution in [3.63, 3.8) is 0 Å². The van der Waals surface area contributed by atoms with Crippen LogP contribution in [0.25, 0.3) is 0 Å². The summed E-state index contributed by atoms with van der Waals surface area (Å²) in [6.45, 7) is 26.6. The first-order valence-electron chi connectivity index (χ1n) is 12.5. The fraction of sp³-hybridized carbons (Fsp3) is 0.786. The minimum absolute atomic E-state index is 0.762. The largest absolute Gasteiger partial charge is 0.0656 e. The second-order valence-corrected chi connectivity index (χ2v) is 7.94. The van der Waals surface area contributed by atoms with Gasteiger partial charge in [0, 0.05) is 0 Å². The number of rotatable bonds is 7. The van der Waals surface area contributed by atoms with Gasteiger partial charge in [-0.2, -0.15) is 0 Å². The van der Waals surface area contributed by atoms with E-state index in [1.807, 2.05) is 0 Å². The maximum Gasteiger partial charge on any atom is -0.0162 e. The molecule has 0 nitrogen and oxygen atoms in total. The van der Waals surface area contributed by atoms with Crippen LogP contribution in [0, 0.1) is 13.8 Å². The van der Waals surface area contributed by atoms with Crippen LogP contribution in [0.3, 0.4) is 0 Å². The lowest BCUT2D eigenvalue weighted by molar-refractivity contribution is 0.565. The lowest BCUT2D eigenvalue weighted by Crippen LogP contribution is -2.07. The molecule has 1 rings (SSSR count). The molecule has 0 spiro atoms. The fourth-order valence-electron chi connectivity index (χ4n) is 3.51. The average molecular weight is 393 g/mol. The molecule has 0 aliphatic rings. The second kappa shape index (κ2) is 22.5. The van der Waals surface area contributed by atoms with Crippen LogP contribution >= 0.6 is 0 Å². The molecule has 1 aromatic carbocycles. The zero-order valence-corrected chi connectivity index (χ0v) is 22.0. The van der Waals surface area contributed by atoms with Gasteiger partial charge >= 0.3 is 0 Å². The van der Waals surface area contributed by atoms with E-state index in [1.54, 1.807) is 22.3 Å². The van der Waals surface area contributed by atoms with Gasteiger partial charge in [-0.05, 0) is 73.3 Å². The van der Waals surface area contributed by atoms with E-state index in [1.165, 1.54) is 56.9 Å². The topological polar surface area (TPSA) is 0 Å². The summed E-state index contributed by atoms with van der Waals surface area (Å²) in [7, 11) is 0. The maximum atomic E-state index is 2.49.